The normalized spacial score (nSPS) is 19.0. The highest BCUT2D eigenvalue weighted by Crippen LogP contribution is 2.25. The van der Waals surface area contributed by atoms with Gasteiger partial charge in [0, 0.05) is 35.0 Å². The Bertz CT molecular complexity index is 852. The largest absolute Gasteiger partial charge is 0.451 e. The molecule has 150 valence electrons. The zero-order valence-corrected chi connectivity index (χ0v) is 17.5. The Hall–Kier alpha value is -2.02. The molecule has 1 saturated carbocycles. The van der Waals surface area contributed by atoms with Gasteiger partial charge in [-0.25, -0.2) is 4.79 Å². The van der Waals surface area contributed by atoms with Crippen LogP contribution in [0.25, 0.3) is 11.0 Å². The molecule has 0 radical (unpaired) electrons. The third kappa shape index (κ3) is 4.51. The van der Waals surface area contributed by atoms with Crippen LogP contribution >= 0.6 is 15.9 Å². The predicted octanol–water partition coefficient (Wildman–Crippen LogP) is 4.43. The molecule has 1 aromatic carbocycles. The van der Waals surface area contributed by atoms with E-state index in [4.69, 9.17) is 4.42 Å². The van der Waals surface area contributed by atoms with Gasteiger partial charge in [0.15, 0.2) is 5.76 Å². The van der Waals surface area contributed by atoms with Crippen LogP contribution in [-0.2, 0) is 0 Å². The fraction of sp³-hybridized carbons (Fsp3) is 0.524. The van der Waals surface area contributed by atoms with Crippen molar-refractivity contribution in [2.45, 2.75) is 57.0 Å². The maximum atomic E-state index is 12.8. The molecule has 2 aliphatic rings. The molecule has 1 aliphatic heterocycles. The Morgan fingerprint density at radius 1 is 0.964 bits per heavy atom. The van der Waals surface area contributed by atoms with Crippen molar-refractivity contribution in [1.82, 2.24) is 15.5 Å². The minimum Gasteiger partial charge on any atom is -0.451 e. The molecule has 1 aromatic heterocycles. The first-order chi connectivity index (χ1) is 13.6. The van der Waals surface area contributed by atoms with Crippen LogP contribution in [0.5, 0.6) is 0 Å². The highest BCUT2D eigenvalue weighted by molar-refractivity contribution is 9.10. The fourth-order valence-corrected chi connectivity index (χ4v) is 4.54. The summed E-state index contributed by atoms with van der Waals surface area (Å²) in [6, 6.07) is 7.84. The van der Waals surface area contributed by atoms with E-state index in [2.05, 4.69) is 26.6 Å². The SMILES string of the molecule is O=C(NC1CCCCC1)NC1CCN(C(=O)c2cc3cc(Br)ccc3o2)CC1. The molecule has 1 saturated heterocycles. The zero-order valence-electron chi connectivity index (χ0n) is 15.9. The standard InChI is InChI=1S/C21H26BrN3O3/c22-15-6-7-18-14(12-15)13-19(28-18)20(26)25-10-8-17(9-11-25)24-21(27)23-16-4-2-1-3-5-16/h6-7,12-13,16-17H,1-5,8-11H2,(H2,23,24,27). The third-order valence-electron chi connectivity index (χ3n) is 5.75. The number of piperidine rings is 1. The van der Waals surface area contributed by atoms with Crippen molar-refractivity contribution in [1.29, 1.82) is 0 Å². The lowest BCUT2D eigenvalue weighted by atomic mass is 9.96. The lowest BCUT2D eigenvalue weighted by Crippen LogP contribution is -2.51. The lowest BCUT2D eigenvalue weighted by molar-refractivity contribution is 0.0678. The van der Waals surface area contributed by atoms with E-state index in [9.17, 15) is 9.59 Å². The number of rotatable bonds is 3. The number of nitrogens with zero attached hydrogens (tertiary/aromatic N) is 1. The first-order valence-corrected chi connectivity index (χ1v) is 10.9. The first-order valence-electron chi connectivity index (χ1n) is 10.1. The van der Waals surface area contributed by atoms with E-state index in [0.717, 1.165) is 35.5 Å². The minimum atomic E-state index is -0.0857. The molecule has 0 atom stereocenters. The number of carbonyl (C=O) groups excluding carboxylic acids is 2. The van der Waals surface area contributed by atoms with Crippen LogP contribution in [0.15, 0.2) is 33.2 Å². The van der Waals surface area contributed by atoms with E-state index in [1.54, 1.807) is 6.07 Å². The maximum Gasteiger partial charge on any atom is 0.315 e. The topological polar surface area (TPSA) is 74.6 Å². The average Bonchev–Trinajstić information content (AvgIpc) is 3.12. The molecule has 6 nitrogen and oxygen atoms in total. The number of amides is 3. The van der Waals surface area contributed by atoms with Crippen LogP contribution in [0, 0.1) is 0 Å². The smallest absolute Gasteiger partial charge is 0.315 e. The van der Waals surface area contributed by atoms with Crippen LogP contribution in [0.2, 0.25) is 0 Å². The number of hydrogen-bond donors (Lipinski definition) is 2. The number of nitrogens with one attached hydrogen (secondary N) is 2. The fourth-order valence-electron chi connectivity index (χ4n) is 4.16. The van der Waals surface area contributed by atoms with Gasteiger partial charge in [0.05, 0.1) is 0 Å². The summed E-state index contributed by atoms with van der Waals surface area (Å²) in [5.74, 6) is 0.284. The number of likely N-dealkylation sites (tertiary alicyclic amines) is 1. The van der Waals surface area contributed by atoms with Gasteiger partial charge in [0.2, 0.25) is 0 Å². The second kappa shape index (κ2) is 8.55. The van der Waals surface area contributed by atoms with Gasteiger partial charge >= 0.3 is 6.03 Å². The summed E-state index contributed by atoms with van der Waals surface area (Å²) in [4.78, 5) is 26.8. The summed E-state index contributed by atoms with van der Waals surface area (Å²) in [6.07, 6.45) is 7.34. The number of fused-ring (bicyclic) bond motifs is 1. The second-order valence-electron chi connectivity index (χ2n) is 7.81. The maximum absolute atomic E-state index is 12.8. The summed E-state index contributed by atoms with van der Waals surface area (Å²) >= 11 is 3.44. The Labute approximate surface area is 173 Å². The van der Waals surface area contributed by atoms with Crippen molar-refractivity contribution in [3.8, 4) is 0 Å². The van der Waals surface area contributed by atoms with Crippen molar-refractivity contribution >= 4 is 38.8 Å². The van der Waals surface area contributed by atoms with E-state index < -0.39 is 0 Å². The molecule has 0 bridgehead atoms. The summed E-state index contributed by atoms with van der Waals surface area (Å²) in [5.41, 5.74) is 0.711. The molecular formula is C21H26BrN3O3. The zero-order chi connectivity index (χ0) is 19.5. The van der Waals surface area contributed by atoms with Crippen LogP contribution in [0.4, 0.5) is 4.79 Å². The van der Waals surface area contributed by atoms with E-state index in [1.165, 1.54) is 19.3 Å². The molecule has 2 N–H and O–H groups in total. The number of furan rings is 1. The van der Waals surface area contributed by atoms with E-state index in [1.807, 2.05) is 23.1 Å². The molecule has 4 rings (SSSR count). The van der Waals surface area contributed by atoms with Crippen LogP contribution < -0.4 is 10.6 Å². The average molecular weight is 448 g/mol. The molecule has 0 unspecified atom stereocenters. The molecule has 1 aliphatic carbocycles. The van der Waals surface area contributed by atoms with E-state index in [0.29, 0.717) is 30.5 Å². The van der Waals surface area contributed by atoms with Crippen molar-refractivity contribution in [3.63, 3.8) is 0 Å². The Kier molecular flexibility index (Phi) is 5.90. The van der Waals surface area contributed by atoms with Crippen LogP contribution in [0.3, 0.4) is 0 Å². The van der Waals surface area contributed by atoms with Gasteiger partial charge in [-0.05, 0) is 49.9 Å². The molecule has 3 amide bonds. The summed E-state index contributed by atoms with van der Waals surface area (Å²) in [5, 5.41) is 7.08. The lowest BCUT2D eigenvalue weighted by Gasteiger charge is -2.32. The molecular weight excluding hydrogens is 422 g/mol. The molecule has 28 heavy (non-hydrogen) atoms. The van der Waals surface area contributed by atoms with Crippen molar-refractivity contribution in [3.05, 3.63) is 34.5 Å². The summed E-state index contributed by atoms with van der Waals surface area (Å²) < 4.78 is 6.68. The predicted molar refractivity (Wildman–Crippen MR) is 111 cm³/mol. The third-order valence-corrected chi connectivity index (χ3v) is 6.24. The molecule has 7 heteroatoms. The second-order valence-corrected chi connectivity index (χ2v) is 8.73. The van der Waals surface area contributed by atoms with Crippen LogP contribution in [-0.4, -0.2) is 42.0 Å². The first kappa shape index (κ1) is 19.3. The molecule has 2 aromatic rings. The quantitative estimate of drug-likeness (QED) is 0.730. The number of halogens is 1. The number of hydrogen-bond acceptors (Lipinski definition) is 3. The number of urea groups is 1. The van der Waals surface area contributed by atoms with Gasteiger partial charge in [-0.15, -0.1) is 0 Å². The van der Waals surface area contributed by atoms with Gasteiger partial charge in [0.25, 0.3) is 5.91 Å². The number of carbonyl (C=O) groups is 2. The highest BCUT2D eigenvalue weighted by atomic mass is 79.9. The van der Waals surface area contributed by atoms with Gasteiger partial charge < -0.3 is 20.0 Å². The highest BCUT2D eigenvalue weighted by Gasteiger charge is 2.27. The van der Waals surface area contributed by atoms with Gasteiger partial charge in [-0.2, -0.15) is 0 Å². The van der Waals surface area contributed by atoms with Crippen LogP contribution in [0.1, 0.15) is 55.5 Å². The van der Waals surface area contributed by atoms with Gasteiger partial charge in [-0.1, -0.05) is 35.2 Å². The monoisotopic (exact) mass is 447 g/mol. The Morgan fingerprint density at radius 3 is 2.36 bits per heavy atom. The number of benzene rings is 1. The minimum absolute atomic E-state index is 0.0699. The van der Waals surface area contributed by atoms with Gasteiger partial charge in [-0.3, -0.25) is 4.79 Å². The van der Waals surface area contributed by atoms with Crippen molar-refractivity contribution in [2.24, 2.45) is 0 Å². The summed E-state index contributed by atoms with van der Waals surface area (Å²) in [6.45, 7) is 1.24. The Balaban J connectivity index is 1.28. The molecule has 2 heterocycles. The Morgan fingerprint density at radius 2 is 1.64 bits per heavy atom. The summed E-state index contributed by atoms with van der Waals surface area (Å²) in [7, 11) is 0. The molecule has 0 spiro atoms. The van der Waals surface area contributed by atoms with E-state index in [-0.39, 0.29) is 18.0 Å². The van der Waals surface area contributed by atoms with Gasteiger partial charge in [0.1, 0.15) is 5.58 Å². The van der Waals surface area contributed by atoms with Crippen molar-refractivity contribution < 1.29 is 14.0 Å². The molecule has 2 fully saturated rings. The van der Waals surface area contributed by atoms with Crippen molar-refractivity contribution in [2.75, 3.05) is 13.1 Å². The van der Waals surface area contributed by atoms with E-state index >= 15 is 0 Å².